The molecule has 0 aliphatic heterocycles. The van der Waals surface area contributed by atoms with Gasteiger partial charge in [0.2, 0.25) is 0 Å². The predicted octanol–water partition coefficient (Wildman–Crippen LogP) is 4.57. The monoisotopic (exact) mass is 404 g/mol. The van der Waals surface area contributed by atoms with Gasteiger partial charge in [-0.2, -0.15) is 0 Å². The summed E-state index contributed by atoms with van der Waals surface area (Å²) in [6, 6.07) is 31.4. The molecule has 0 heterocycles. The zero-order valence-corrected chi connectivity index (χ0v) is 19.4. The molecule has 156 valence electrons. The van der Waals surface area contributed by atoms with Gasteiger partial charge in [0.15, 0.2) is 0 Å². The minimum atomic E-state index is -0.756. The van der Waals surface area contributed by atoms with Crippen LogP contribution in [-0.2, 0) is 10.3 Å². The molecule has 0 fully saturated rings. The maximum Gasteiger partial charge on any atom is 1.00 e. The van der Waals surface area contributed by atoms with Crippen LogP contribution >= 0.6 is 0 Å². The van der Waals surface area contributed by atoms with E-state index in [1.165, 1.54) is 0 Å². The third-order valence-corrected chi connectivity index (χ3v) is 5.96. The summed E-state index contributed by atoms with van der Waals surface area (Å²) in [5.74, 6) is 0. The van der Waals surface area contributed by atoms with Crippen LogP contribution in [0.25, 0.3) is 0 Å². The van der Waals surface area contributed by atoms with Crippen LogP contribution in [0.5, 0.6) is 0 Å². The van der Waals surface area contributed by atoms with E-state index >= 15 is 0 Å². The minimum Gasteiger partial charge on any atom is -0.515 e. The van der Waals surface area contributed by atoms with Crippen molar-refractivity contribution in [2.45, 2.75) is 51.7 Å². The Morgan fingerprint density at radius 1 is 0.774 bits per heavy atom. The van der Waals surface area contributed by atoms with E-state index in [1.54, 1.807) is 6.08 Å². The van der Waals surface area contributed by atoms with Crippen molar-refractivity contribution < 1.29 is 23.6 Å². The molecule has 3 rings (SSSR count). The van der Waals surface area contributed by atoms with Crippen LogP contribution in [0.2, 0.25) is 0 Å². The number of hydrogen-bond donors (Lipinski definition) is 0. The Morgan fingerprint density at radius 2 is 1.16 bits per heavy atom. The Bertz CT molecular complexity index is 807. The van der Waals surface area contributed by atoms with Gasteiger partial charge in [-0.1, -0.05) is 125 Å². The van der Waals surface area contributed by atoms with E-state index < -0.39 is 5.60 Å². The van der Waals surface area contributed by atoms with Crippen molar-refractivity contribution >= 4 is 0 Å². The summed E-state index contributed by atoms with van der Waals surface area (Å²) < 4.78 is 7.13. The van der Waals surface area contributed by atoms with Gasteiger partial charge in [-0.15, -0.1) is 0 Å². The third-order valence-electron chi connectivity index (χ3n) is 5.96. The summed E-state index contributed by atoms with van der Waals surface area (Å²) in [7, 11) is 0. The van der Waals surface area contributed by atoms with Crippen LogP contribution in [0.1, 0.15) is 56.7 Å². The van der Waals surface area contributed by atoms with Gasteiger partial charge in [0.05, 0.1) is 6.10 Å². The van der Waals surface area contributed by atoms with E-state index in [1.807, 2.05) is 18.2 Å². The van der Waals surface area contributed by atoms with Gasteiger partial charge in [0.1, 0.15) is 5.60 Å². The Kier molecular flexibility index (Phi) is 9.39. The van der Waals surface area contributed by atoms with Crippen LogP contribution < -0.4 is 18.9 Å². The molecule has 0 radical (unpaired) electrons. The number of ether oxygens (including phenoxy) is 1. The first-order valence-corrected chi connectivity index (χ1v) is 10.9. The maximum absolute atomic E-state index is 7.13. The molecule has 2 heteroatoms. The molecule has 1 nitrogen and oxygen atoms in total. The molecule has 1 unspecified atom stereocenters. The van der Waals surface area contributed by atoms with Crippen LogP contribution in [0, 0.1) is 12.0 Å². The van der Waals surface area contributed by atoms with E-state index in [-0.39, 0.29) is 30.4 Å². The zero-order chi connectivity index (χ0) is 21.5. The van der Waals surface area contributed by atoms with Gasteiger partial charge in [0, 0.05) is 0 Å². The van der Waals surface area contributed by atoms with Gasteiger partial charge < -0.3 is 11.3 Å². The summed E-state index contributed by atoms with van der Waals surface area (Å²) in [5, 5.41) is 0. The Labute approximate surface area is 200 Å². The fraction of sp³-hybridized carbons (Fsp3) is 0.310. The molecule has 0 aliphatic rings. The van der Waals surface area contributed by atoms with E-state index in [0.717, 1.165) is 36.0 Å². The zero-order valence-electron chi connectivity index (χ0n) is 19.4. The van der Waals surface area contributed by atoms with Gasteiger partial charge in [-0.3, -0.25) is 0 Å². The van der Waals surface area contributed by atoms with Crippen molar-refractivity contribution in [2.24, 2.45) is 5.41 Å². The van der Waals surface area contributed by atoms with Crippen molar-refractivity contribution in [3.8, 4) is 0 Å². The van der Waals surface area contributed by atoms with E-state index in [2.05, 4.69) is 93.6 Å². The van der Waals surface area contributed by atoms with E-state index in [0.29, 0.717) is 0 Å². The smallest absolute Gasteiger partial charge is 0.515 e. The Balaban J connectivity index is 0.00000341. The largest absolute Gasteiger partial charge is 1.00 e. The number of unbranched alkanes of at least 4 members (excludes halogenated alkanes) is 1. The predicted molar refractivity (Wildman–Crippen MR) is 126 cm³/mol. The van der Waals surface area contributed by atoms with Crippen molar-refractivity contribution in [2.75, 3.05) is 0 Å². The molecule has 0 amide bonds. The van der Waals surface area contributed by atoms with Crippen molar-refractivity contribution in [1.29, 1.82) is 0 Å². The quantitative estimate of drug-likeness (QED) is 0.273. The molecular weight excluding hydrogens is 371 g/mol. The molecule has 0 N–H and O–H groups in total. The van der Waals surface area contributed by atoms with Crippen molar-refractivity contribution in [3.05, 3.63) is 120 Å². The maximum atomic E-state index is 7.13. The molecule has 0 aromatic heterocycles. The molecule has 0 bridgehead atoms. The van der Waals surface area contributed by atoms with Gasteiger partial charge in [-0.25, -0.2) is 6.08 Å². The minimum absolute atomic E-state index is 0. The SMILES string of the molecule is [CH-]=CC(OC(c1ccccc1)(c1ccccc1)c1ccccc1)C(C)(C)CCCC.[Li+]. The average Bonchev–Trinajstić information content (AvgIpc) is 2.80. The standard InChI is InChI=1S/C29H33O.Li/c1-5-7-23-28(3,4)27(6-2)30-29(24-17-11-8-12-18-24,25-19-13-9-14-20-25)26-21-15-10-16-22-26;/h2,6,8-22,27H,5,7,23H2,1,3-4H3;/q-1;+1. The molecule has 0 spiro atoms. The molecule has 3 aromatic carbocycles. The fourth-order valence-corrected chi connectivity index (χ4v) is 4.15. The summed E-state index contributed by atoms with van der Waals surface area (Å²) >= 11 is 0. The summed E-state index contributed by atoms with van der Waals surface area (Å²) in [6.45, 7) is 12.9. The van der Waals surface area contributed by atoms with E-state index in [9.17, 15) is 0 Å². The molecule has 3 aromatic rings. The van der Waals surface area contributed by atoms with Crippen LogP contribution in [-0.4, -0.2) is 6.10 Å². The number of rotatable bonds is 10. The van der Waals surface area contributed by atoms with Crippen LogP contribution in [0.15, 0.2) is 97.1 Å². The van der Waals surface area contributed by atoms with Gasteiger partial charge >= 0.3 is 18.9 Å². The topological polar surface area (TPSA) is 9.23 Å². The number of benzene rings is 3. The molecule has 1 atom stereocenters. The number of hydrogen-bond acceptors (Lipinski definition) is 1. The Hall–Kier alpha value is -2.04. The van der Waals surface area contributed by atoms with Crippen molar-refractivity contribution in [3.63, 3.8) is 0 Å². The first kappa shape index (κ1) is 25.2. The van der Waals surface area contributed by atoms with E-state index in [4.69, 9.17) is 11.3 Å². The third kappa shape index (κ3) is 5.61. The molecule has 0 saturated heterocycles. The summed E-state index contributed by atoms with van der Waals surface area (Å²) in [4.78, 5) is 0. The summed E-state index contributed by atoms with van der Waals surface area (Å²) in [6.07, 6.45) is 4.87. The van der Waals surface area contributed by atoms with Crippen molar-refractivity contribution in [1.82, 2.24) is 0 Å². The second kappa shape index (κ2) is 11.5. The van der Waals surface area contributed by atoms with Crippen LogP contribution in [0.3, 0.4) is 0 Å². The average molecular weight is 405 g/mol. The summed E-state index contributed by atoms with van der Waals surface area (Å²) in [5.41, 5.74) is 2.45. The van der Waals surface area contributed by atoms with Gasteiger partial charge in [0.25, 0.3) is 0 Å². The Morgan fingerprint density at radius 3 is 1.48 bits per heavy atom. The molecule has 0 saturated carbocycles. The fourth-order valence-electron chi connectivity index (χ4n) is 4.15. The second-order valence-corrected chi connectivity index (χ2v) is 8.60. The van der Waals surface area contributed by atoms with Crippen LogP contribution in [0.4, 0.5) is 0 Å². The normalized spacial score (nSPS) is 12.6. The molecular formula is C29H33LiO. The van der Waals surface area contributed by atoms with Gasteiger partial charge in [-0.05, 0) is 28.5 Å². The first-order valence-electron chi connectivity index (χ1n) is 10.9. The first-order chi connectivity index (χ1) is 14.5. The molecule has 31 heavy (non-hydrogen) atoms. The second-order valence-electron chi connectivity index (χ2n) is 8.60. The molecule has 0 aliphatic carbocycles.